The van der Waals surface area contributed by atoms with Crippen LogP contribution < -0.4 is 4.90 Å². The maximum atomic E-state index is 15.2. The molecule has 2 aromatic carbocycles. The van der Waals surface area contributed by atoms with Gasteiger partial charge in [-0.25, -0.2) is 8.78 Å². The molecule has 1 N–H and O–H groups in total. The van der Waals surface area contributed by atoms with Gasteiger partial charge in [0.05, 0.1) is 11.5 Å². The molecule has 6 aliphatic rings. The van der Waals surface area contributed by atoms with Crippen molar-refractivity contribution in [1.82, 2.24) is 10.1 Å². The number of nitriles is 1. The lowest BCUT2D eigenvalue weighted by Gasteiger charge is -2.54. The highest BCUT2D eigenvalue weighted by Crippen LogP contribution is 2.59. The van der Waals surface area contributed by atoms with Crippen LogP contribution in [0.2, 0.25) is 0 Å². The highest BCUT2D eigenvalue weighted by molar-refractivity contribution is 5.96. The Hall–Kier alpha value is -3.85. The number of rotatable bonds is 8. The molecule has 6 fully saturated rings. The van der Waals surface area contributed by atoms with E-state index in [1.54, 1.807) is 41.3 Å². The summed E-state index contributed by atoms with van der Waals surface area (Å²) < 4.78 is 75.7. The lowest BCUT2D eigenvalue weighted by molar-refractivity contribution is -0.295. The Morgan fingerprint density at radius 2 is 1.65 bits per heavy atom. The van der Waals surface area contributed by atoms with E-state index in [1.165, 1.54) is 6.07 Å². The second-order valence-corrected chi connectivity index (χ2v) is 15.2. The molecule has 0 spiro atoms. The van der Waals surface area contributed by atoms with Crippen molar-refractivity contribution in [2.75, 3.05) is 11.4 Å². The SMILES string of the molecule is N#CC1(c2ccc(-c3cccc(N(CC45CCC(c6noc(C7(F)CC7)n6)(CC4)CC5)C(=O)[C@H]4C[C@](O)(C(F)(F)F)C4)c3)cc2F)CC1. The van der Waals surface area contributed by atoms with Gasteiger partial charge in [-0.3, -0.25) is 4.79 Å². The van der Waals surface area contributed by atoms with E-state index in [-0.39, 0.29) is 23.3 Å². The summed E-state index contributed by atoms with van der Waals surface area (Å²) in [6, 6.07) is 14.0. The molecule has 0 saturated heterocycles. The number of amides is 1. The molecule has 48 heavy (non-hydrogen) atoms. The van der Waals surface area contributed by atoms with Crippen LogP contribution in [0.4, 0.5) is 27.6 Å². The van der Waals surface area contributed by atoms with Gasteiger partial charge in [-0.15, -0.1) is 0 Å². The zero-order valence-electron chi connectivity index (χ0n) is 26.3. The van der Waals surface area contributed by atoms with Crippen LogP contribution in [0.3, 0.4) is 0 Å². The first-order valence-corrected chi connectivity index (χ1v) is 16.7. The molecule has 3 aromatic rings. The fraction of sp³-hybridized carbons (Fsp3) is 0.556. The van der Waals surface area contributed by atoms with Gasteiger partial charge in [-0.1, -0.05) is 29.4 Å². The summed E-state index contributed by atoms with van der Waals surface area (Å²) in [5, 5.41) is 23.9. The van der Waals surface area contributed by atoms with E-state index < -0.39 is 53.3 Å². The average Bonchev–Trinajstić information content (AvgIpc) is 3.97. The third kappa shape index (κ3) is 4.94. The molecule has 1 amide bonds. The maximum Gasteiger partial charge on any atom is 0.417 e. The number of halogens is 5. The van der Waals surface area contributed by atoms with E-state index in [2.05, 4.69) is 16.2 Å². The van der Waals surface area contributed by atoms with Crippen molar-refractivity contribution in [2.24, 2.45) is 11.3 Å². The zero-order chi connectivity index (χ0) is 33.7. The molecule has 2 bridgehead atoms. The van der Waals surface area contributed by atoms with Crippen LogP contribution in [-0.2, 0) is 21.3 Å². The summed E-state index contributed by atoms with van der Waals surface area (Å²) in [6.07, 6.45) is -0.0120. The summed E-state index contributed by atoms with van der Waals surface area (Å²) in [5.74, 6) is -1.41. The van der Waals surface area contributed by atoms with Crippen molar-refractivity contribution >= 4 is 11.6 Å². The smallest absolute Gasteiger partial charge is 0.380 e. The fourth-order valence-electron chi connectivity index (χ4n) is 8.30. The molecule has 1 heterocycles. The molecule has 7 nitrogen and oxygen atoms in total. The van der Waals surface area contributed by atoms with E-state index in [4.69, 9.17) is 4.52 Å². The van der Waals surface area contributed by atoms with Gasteiger partial charge in [0, 0.05) is 29.1 Å². The van der Waals surface area contributed by atoms with Gasteiger partial charge in [0.1, 0.15) is 5.82 Å². The molecule has 9 rings (SSSR count). The predicted octanol–water partition coefficient (Wildman–Crippen LogP) is 7.72. The normalized spacial score (nSPS) is 31.1. The lowest BCUT2D eigenvalue weighted by Crippen LogP contribution is -2.60. The van der Waals surface area contributed by atoms with Crippen molar-refractivity contribution in [2.45, 2.75) is 105 Å². The number of carbonyl (C=O) groups excluding carboxylic acids is 1. The summed E-state index contributed by atoms with van der Waals surface area (Å²) in [6.45, 7) is 0.273. The molecule has 0 unspecified atom stereocenters. The highest BCUT2D eigenvalue weighted by Gasteiger charge is 2.63. The third-order valence-electron chi connectivity index (χ3n) is 12.1. The van der Waals surface area contributed by atoms with Crippen LogP contribution in [0.1, 0.15) is 94.3 Å². The summed E-state index contributed by atoms with van der Waals surface area (Å²) >= 11 is 0. The van der Waals surface area contributed by atoms with Crippen LogP contribution in [-0.4, -0.2) is 39.5 Å². The third-order valence-corrected chi connectivity index (χ3v) is 12.1. The first kappa shape index (κ1) is 31.4. The van der Waals surface area contributed by atoms with E-state index in [0.29, 0.717) is 92.4 Å². The van der Waals surface area contributed by atoms with Crippen molar-refractivity contribution in [3.05, 3.63) is 65.6 Å². The Labute approximate surface area is 274 Å². The summed E-state index contributed by atoms with van der Waals surface area (Å²) in [5.41, 5.74) is -3.84. The zero-order valence-corrected chi connectivity index (χ0v) is 26.3. The standard InChI is InChI=1S/C36H35F5N4O3/c37-27-17-23(4-5-26(27)33(20-42)12-13-33)22-2-1-3-25(16-22)45(28(46)24-18-35(47,19-24)36(39,40)41)21-31-6-9-32(10-7-31,11-8-31)29-43-30(48-44-29)34(38)14-15-34/h1-5,16-17,24,47H,6-15,18-19,21H2/t24-,31?,32?,35+. The predicted molar refractivity (Wildman–Crippen MR) is 163 cm³/mol. The molecule has 6 aliphatic carbocycles. The van der Waals surface area contributed by atoms with Crippen LogP contribution in [0.15, 0.2) is 47.0 Å². The Morgan fingerprint density at radius 3 is 2.23 bits per heavy atom. The minimum Gasteiger partial charge on any atom is -0.380 e. The molecule has 0 atom stereocenters. The number of carbonyl (C=O) groups is 1. The van der Waals surface area contributed by atoms with Gasteiger partial charge in [0.2, 0.25) is 5.91 Å². The fourth-order valence-corrected chi connectivity index (χ4v) is 8.30. The number of alkyl halides is 4. The topological polar surface area (TPSA) is 103 Å². The average molecular weight is 667 g/mol. The molecule has 0 radical (unpaired) electrons. The van der Waals surface area contributed by atoms with Gasteiger partial charge in [-0.05, 0) is 112 Å². The monoisotopic (exact) mass is 666 g/mol. The largest absolute Gasteiger partial charge is 0.417 e. The molecule has 0 aliphatic heterocycles. The van der Waals surface area contributed by atoms with Crippen molar-refractivity contribution in [3.63, 3.8) is 0 Å². The number of anilines is 1. The lowest BCUT2D eigenvalue weighted by atomic mass is 9.53. The molecular weight excluding hydrogens is 631 g/mol. The van der Waals surface area contributed by atoms with Crippen molar-refractivity contribution in [3.8, 4) is 17.2 Å². The number of hydrogen-bond acceptors (Lipinski definition) is 6. The molecule has 252 valence electrons. The molecule has 1 aromatic heterocycles. The second kappa shape index (κ2) is 10.3. The maximum absolute atomic E-state index is 15.2. The number of benzene rings is 2. The number of aromatic nitrogens is 2. The summed E-state index contributed by atoms with van der Waals surface area (Å²) in [7, 11) is 0. The number of hydrogen-bond donors (Lipinski definition) is 1. The minimum atomic E-state index is -4.83. The van der Waals surface area contributed by atoms with Crippen LogP contribution in [0.25, 0.3) is 11.1 Å². The van der Waals surface area contributed by atoms with Crippen LogP contribution in [0.5, 0.6) is 0 Å². The quantitative estimate of drug-likeness (QED) is 0.247. The van der Waals surface area contributed by atoms with Crippen LogP contribution >= 0.6 is 0 Å². The highest BCUT2D eigenvalue weighted by atomic mass is 19.4. The van der Waals surface area contributed by atoms with E-state index in [1.807, 2.05) is 0 Å². The first-order chi connectivity index (χ1) is 22.7. The Bertz CT molecular complexity index is 1810. The molecular formula is C36H35F5N4O3. The number of aliphatic hydroxyl groups is 1. The van der Waals surface area contributed by atoms with Gasteiger partial charge in [-0.2, -0.15) is 23.4 Å². The molecule has 6 saturated carbocycles. The van der Waals surface area contributed by atoms with E-state index in [9.17, 15) is 32.7 Å². The van der Waals surface area contributed by atoms with Crippen molar-refractivity contribution in [1.29, 1.82) is 5.26 Å². The second-order valence-electron chi connectivity index (χ2n) is 15.2. The number of fused-ring (bicyclic) bond motifs is 3. The van der Waals surface area contributed by atoms with Crippen molar-refractivity contribution < 1.29 is 36.4 Å². The summed E-state index contributed by atoms with van der Waals surface area (Å²) in [4.78, 5) is 20.1. The van der Waals surface area contributed by atoms with Gasteiger partial charge < -0.3 is 14.5 Å². The minimum absolute atomic E-state index is 0.0388. The van der Waals surface area contributed by atoms with E-state index >= 15 is 4.39 Å². The number of nitrogens with zero attached hydrogens (tertiary/aromatic N) is 4. The Morgan fingerprint density at radius 1 is 0.979 bits per heavy atom. The first-order valence-electron chi connectivity index (χ1n) is 16.7. The Kier molecular flexibility index (Phi) is 6.76. The van der Waals surface area contributed by atoms with Gasteiger partial charge in [0.15, 0.2) is 17.1 Å². The van der Waals surface area contributed by atoms with E-state index in [0.717, 1.165) is 0 Å². The molecule has 12 heteroatoms. The van der Waals surface area contributed by atoms with Gasteiger partial charge >= 0.3 is 6.18 Å². The Balaban J connectivity index is 1.07. The van der Waals surface area contributed by atoms with Gasteiger partial charge in [0.25, 0.3) is 5.89 Å². The van der Waals surface area contributed by atoms with Crippen LogP contribution in [0, 0.1) is 28.5 Å².